The molecule has 88 valence electrons. The highest BCUT2D eigenvalue weighted by atomic mass is 16.2. The lowest BCUT2D eigenvalue weighted by molar-refractivity contribution is 0.0775. The molecule has 0 spiro atoms. The van der Waals surface area contributed by atoms with Gasteiger partial charge in [0.2, 0.25) is 0 Å². The Bertz CT molecular complexity index is 527. The summed E-state index contributed by atoms with van der Waals surface area (Å²) >= 11 is 0. The molecule has 0 atom stereocenters. The maximum absolute atomic E-state index is 12.3. The van der Waals surface area contributed by atoms with Gasteiger partial charge in [-0.15, -0.1) is 0 Å². The van der Waals surface area contributed by atoms with Crippen LogP contribution in [0.1, 0.15) is 24.2 Å². The minimum Gasteiger partial charge on any atom is -0.339 e. The first-order valence-corrected chi connectivity index (χ1v) is 5.90. The molecule has 0 aliphatic carbocycles. The molecule has 2 rings (SSSR count). The zero-order chi connectivity index (χ0) is 12.3. The van der Waals surface area contributed by atoms with E-state index in [0.717, 1.165) is 29.4 Å². The van der Waals surface area contributed by atoms with Crippen LogP contribution in [0, 0.1) is 0 Å². The summed E-state index contributed by atoms with van der Waals surface area (Å²) in [5.74, 6) is 0.0896. The SMILES string of the molecule is CCN(CC)C(=O)c1cccc2cnccc12. The maximum Gasteiger partial charge on any atom is 0.254 e. The summed E-state index contributed by atoms with van der Waals surface area (Å²) in [4.78, 5) is 18.2. The van der Waals surface area contributed by atoms with Crippen LogP contribution in [0.3, 0.4) is 0 Å². The van der Waals surface area contributed by atoms with Crippen LogP contribution < -0.4 is 0 Å². The summed E-state index contributed by atoms with van der Waals surface area (Å²) in [5, 5.41) is 1.98. The molecule has 0 fully saturated rings. The summed E-state index contributed by atoms with van der Waals surface area (Å²) in [6, 6.07) is 7.65. The number of hydrogen-bond donors (Lipinski definition) is 0. The quantitative estimate of drug-likeness (QED) is 0.809. The number of pyridine rings is 1. The van der Waals surface area contributed by atoms with E-state index < -0.39 is 0 Å². The van der Waals surface area contributed by atoms with Crippen molar-refractivity contribution in [1.82, 2.24) is 9.88 Å². The lowest BCUT2D eigenvalue weighted by atomic mass is 10.1. The second kappa shape index (κ2) is 4.95. The molecular weight excluding hydrogens is 212 g/mol. The van der Waals surface area contributed by atoms with Gasteiger partial charge in [-0.2, -0.15) is 0 Å². The Morgan fingerprint density at radius 3 is 2.71 bits per heavy atom. The molecule has 3 heteroatoms. The fourth-order valence-electron chi connectivity index (χ4n) is 1.99. The first-order chi connectivity index (χ1) is 8.27. The summed E-state index contributed by atoms with van der Waals surface area (Å²) in [7, 11) is 0. The lowest BCUT2D eigenvalue weighted by Gasteiger charge is -2.19. The number of benzene rings is 1. The predicted octanol–water partition coefficient (Wildman–Crippen LogP) is 2.72. The number of carbonyl (C=O) groups is 1. The molecule has 2 aromatic rings. The highest BCUT2D eigenvalue weighted by Crippen LogP contribution is 2.18. The molecule has 0 saturated heterocycles. The van der Waals surface area contributed by atoms with Gasteiger partial charge >= 0.3 is 0 Å². The van der Waals surface area contributed by atoms with Crippen LogP contribution in [-0.4, -0.2) is 28.9 Å². The molecule has 0 radical (unpaired) electrons. The highest BCUT2D eigenvalue weighted by molar-refractivity contribution is 6.06. The lowest BCUT2D eigenvalue weighted by Crippen LogP contribution is -2.30. The van der Waals surface area contributed by atoms with Crippen molar-refractivity contribution in [3.8, 4) is 0 Å². The van der Waals surface area contributed by atoms with Crippen LogP contribution in [0.5, 0.6) is 0 Å². The first-order valence-electron chi connectivity index (χ1n) is 5.90. The Morgan fingerprint density at radius 1 is 1.24 bits per heavy atom. The Labute approximate surface area is 101 Å². The van der Waals surface area contributed by atoms with Gasteiger partial charge in [-0.3, -0.25) is 9.78 Å². The normalized spacial score (nSPS) is 10.5. The van der Waals surface area contributed by atoms with Gasteiger partial charge < -0.3 is 4.90 Å². The van der Waals surface area contributed by atoms with E-state index in [0.29, 0.717) is 0 Å². The van der Waals surface area contributed by atoms with Crippen LogP contribution in [-0.2, 0) is 0 Å². The third kappa shape index (κ3) is 2.13. The van der Waals surface area contributed by atoms with E-state index in [1.807, 2.05) is 43.0 Å². The number of nitrogens with zero attached hydrogens (tertiary/aromatic N) is 2. The van der Waals surface area contributed by atoms with Crippen LogP contribution in [0.4, 0.5) is 0 Å². The monoisotopic (exact) mass is 228 g/mol. The Hall–Kier alpha value is -1.90. The van der Waals surface area contributed by atoms with E-state index in [9.17, 15) is 4.79 Å². The second-order valence-electron chi connectivity index (χ2n) is 3.88. The molecule has 0 aliphatic rings. The number of fused-ring (bicyclic) bond motifs is 1. The molecule has 3 nitrogen and oxygen atoms in total. The number of hydrogen-bond acceptors (Lipinski definition) is 2. The van der Waals surface area contributed by atoms with Crippen LogP contribution in [0.2, 0.25) is 0 Å². The van der Waals surface area contributed by atoms with Crippen LogP contribution >= 0.6 is 0 Å². The maximum atomic E-state index is 12.3. The van der Waals surface area contributed by atoms with E-state index in [4.69, 9.17) is 0 Å². The zero-order valence-corrected chi connectivity index (χ0v) is 10.2. The van der Waals surface area contributed by atoms with Gasteiger partial charge in [-0.25, -0.2) is 0 Å². The predicted molar refractivity (Wildman–Crippen MR) is 69.0 cm³/mol. The third-order valence-electron chi connectivity index (χ3n) is 2.96. The molecule has 0 bridgehead atoms. The van der Waals surface area contributed by atoms with Crippen molar-refractivity contribution in [2.75, 3.05) is 13.1 Å². The largest absolute Gasteiger partial charge is 0.339 e. The van der Waals surface area contributed by atoms with Gasteiger partial charge in [0.25, 0.3) is 5.91 Å². The van der Waals surface area contributed by atoms with Crippen molar-refractivity contribution in [2.45, 2.75) is 13.8 Å². The fourth-order valence-corrected chi connectivity index (χ4v) is 1.99. The smallest absolute Gasteiger partial charge is 0.254 e. The summed E-state index contributed by atoms with van der Waals surface area (Å²) in [6.45, 7) is 5.45. The van der Waals surface area contributed by atoms with E-state index in [1.54, 1.807) is 12.4 Å². The Kier molecular flexibility index (Phi) is 3.38. The summed E-state index contributed by atoms with van der Waals surface area (Å²) in [5.41, 5.74) is 0.758. The standard InChI is InChI=1S/C14H16N2O/c1-3-16(4-2)14(17)13-7-5-6-11-10-15-9-8-12(11)13/h5-10H,3-4H2,1-2H3. The van der Waals surface area contributed by atoms with Gasteiger partial charge in [0.05, 0.1) is 0 Å². The van der Waals surface area contributed by atoms with Crippen molar-refractivity contribution in [1.29, 1.82) is 0 Å². The Balaban J connectivity index is 2.52. The van der Waals surface area contributed by atoms with Gasteiger partial charge in [0.15, 0.2) is 0 Å². The molecule has 1 amide bonds. The van der Waals surface area contributed by atoms with Gasteiger partial charge in [0.1, 0.15) is 0 Å². The average molecular weight is 228 g/mol. The molecular formula is C14H16N2O. The van der Waals surface area contributed by atoms with E-state index in [-0.39, 0.29) is 5.91 Å². The highest BCUT2D eigenvalue weighted by Gasteiger charge is 2.14. The molecule has 1 aromatic heterocycles. The Morgan fingerprint density at radius 2 is 2.00 bits per heavy atom. The van der Waals surface area contributed by atoms with Gasteiger partial charge in [-0.1, -0.05) is 12.1 Å². The van der Waals surface area contributed by atoms with E-state index >= 15 is 0 Å². The topological polar surface area (TPSA) is 33.2 Å². The minimum absolute atomic E-state index is 0.0896. The number of rotatable bonds is 3. The molecule has 0 N–H and O–H groups in total. The van der Waals surface area contributed by atoms with Crippen molar-refractivity contribution < 1.29 is 4.79 Å². The van der Waals surface area contributed by atoms with E-state index in [1.165, 1.54) is 0 Å². The van der Waals surface area contributed by atoms with Gasteiger partial charge in [-0.05, 0) is 31.4 Å². The fraction of sp³-hybridized carbons (Fsp3) is 0.286. The molecule has 0 saturated carbocycles. The zero-order valence-electron chi connectivity index (χ0n) is 10.2. The van der Waals surface area contributed by atoms with Crippen LogP contribution in [0.25, 0.3) is 10.8 Å². The number of aromatic nitrogens is 1. The van der Waals surface area contributed by atoms with E-state index in [2.05, 4.69) is 4.98 Å². The average Bonchev–Trinajstić information content (AvgIpc) is 2.39. The molecule has 0 unspecified atom stereocenters. The molecule has 17 heavy (non-hydrogen) atoms. The number of carbonyl (C=O) groups excluding carboxylic acids is 1. The molecule has 0 aliphatic heterocycles. The first kappa shape index (κ1) is 11.6. The van der Waals surface area contributed by atoms with Crippen molar-refractivity contribution in [3.05, 3.63) is 42.2 Å². The van der Waals surface area contributed by atoms with Crippen LogP contribution in [0.15, 0.2) is 36.7 Å². The number of amides is 1. The van der Waals surface area contributed by atoms with Crippen molar-refractivity contribution >= 4 is 16.7 Å². The minimum atomic E-state index is 0.0896. The third-order valence-corrected chi connectivity index (χ3v) is 2.96. The van der Waals surface area contributed by atoms with Crippen molar-refractivity contribution in [2.24, 2.45) is 0 Å². The van der Waals surface area contributed by atoms with Gasteiger partial charge in [0, 0.05) is 36.4 Å². The molecule has 1 heterocycles. The second-order valence-corrected chi connectivity index (χ2v) is 3.88. The molecule has 1 aromatic carbocycles. The summed E-state index contributed by atoms with van der Waals surface area (Å²) in [6.07, 6.45) is 3.51. The summed E-state index contributed by atoms with van der Waals surface area (Å²) < 4.78 is 0. The van der Waals surface area contributed by atoms with Crippen molar-refractivity contribution in [3.63, 3.8) is 0 Å².